The highest BCUT2D eigenvalue weighted by Gasteiger charge is 2.35. The summed E-state index contributed by atoms with van der Waals surface area (Å²) in [5.74, 6) is 0. The van der Waals surface area contributed by atoms with Gasteiger partial charge in [0, 0.05) is 19.8 Å². The van der Waals surface area contributed by atoms with Gasteiger partial charge < -0.3 is 14.2 Å². The van der Waals surface area contributed by atoms with Crippen LogP contribution in [0, 0.1) is 0 Å². The zero-order valence-corrected chi connectivity index (χ0v) is 14.2. The van der Waals surface area contributed by atoms with Crippen molar-refractivity contribution in [1.82, 2.24) is 0 Å². The van der Waals surface area contributed by atoms with E-state index in [2.05, 4.69) is 17.2 Å². The Morgan fingerprint density at radius 1 is 0.842 bits per heavy atom. The zero-order chi connectivity index (χ0) is 14.6. The Kier molecular flexibility index (Phi) is 11.9. The normalized spacial score (nSPS) is 13.7. The summed E-state index contributed by atoms with van der Waals surface area (Å²) in [6.45, 7) is 10.1. The van der Waals surface area contributed by atoms with Crippen LogP contribution >= 0.6 is 0 Å². The zero-order valence-electron chi connectivity index (χ0n) is 13.2. The summed E-state index contributed by atoms with van der Waals surface area (Å²) in [6.07, 6.45) is 7.18. The van der Waals surface area contributed by atoms with E-state index in [-0.39, 0.29) is 6.10 Å². The average Bonchev–Trinajstić information content (AvgIpc) is 2.38. The van der Waals surface area contributed by atoms with E-state index < -0.39 is 5.41 Å². The first-order valence-electron chi connectivity index (χ1n) is 7.79. The van der Waals surface area contributed by atoms with Gasteiger partial charge in [-0.1, -0.05) is 39.0 Å². The van der Waals surface area contributed by atoms with Crippen LogP contribution in [0.1, 0.15) is 66.2 Å². The molecule has 0 aromatic heterocycles. The van der Waals surface area contributed by atoms with E-state index in [1.54, 1.807) is 0 Å². The minimum atomic E-state index is -0.801. The summed E-state index contributed by atoms with van der Waals surface area (Å²) in [5, 5.41) is 0. The van der Waals surface area contributed by atoms with Crippen LogP contribution in [0.4, 0.5) is 0 Å². The predicted molar refractivity (Wildman–Crippen MR) is 80.5 cm³/mol. The molecule has 19 heavy (non-hydrogen) atoms. The second-order valence-electron chi connectivity index (χ2n) is 4.68. The minimum Gasteiger partial charge on any atom is -0.373 e. The van der Waals surface area contributed by atoms with Crippen molar-refractivity contribution in [2.24, 2.45) is 0 Å². The quantitative estimate of drug-likeness (QED) is 0.294. The standard InChI is InChI=1S/C15H31O3Si/c1-5-9-10-11-12-13-14(16-6-2)15(19,17-7-3)18-8-4/h14H,5-13H2,1-4H3. The molecule has 0 aliphatic heterocycles. The largest absolute Gasteiger partial charge is 0.373 e. The summed E-state index contributed by atoms with van der Waals surface area (Å²) in [5.41, 5.74) is -0.801. The Morgan fingerprint density at radius 2 is 1.42 bits per heavy atom. The molecule has 0 fully saturated rings. The highest BCUT2D eigenvalue weighted by molar-refractivity contribution is 6.13. The van der Waals surface area contributed by atoms with Gasteiger partial charge in [-0.15, -0.1) is 0 Å². The molecule has 0 saturated heterocycles. The highest BCUT2D eigenvalue weighted by atomic mass is 28.1. The van der Waals surface area contributed by atoms with Crippen LogP contribution in [0.2, 0.25) is 0 Å². The molecule has 3 nitrogen and oxygen atoms in total. The lowest BCUT2D eigenvalue weighted by molar-refractivity contribution is -0.237. The predicted octanol–water partition coefficient (Wildman–Crippen LogP) is 3.65. The summed E-state index contributed by atoms with van der Waals surface area (Å²) in [6, 6.07) is 0. The van der Waals surface area contributed by atoms with Crippen LogP contribution < -0.4 is 0 Å². The molecule has 0 aromatic carbocycles. The lowest BCUT2D eigenvalue weighted by atomic mass is 10.1. The Bertz CT molecular complexity index is 194. The van der Waals surface area contributed by atoms with Crippen molar-refractivity contribution in [2.45, 2.75) is 77.7 Å². The third-order valence-electron chi connectivity index (χ3n) is 3.08. The van der Waals surface area contributed by atoms with Gasteiger partial charge in [-0.05, 0) is 27.2 Å². The molecule has 1 unspecified atom stereocenters. The topological polar surface area (TPSA) is 27.7 Å². The smallest absolute Gasteiger partial charge is 0.169 e. The Labute approximate surface area is 122 Å². The Hall–Kier alpha value is 0.0969. The molecule has 0 saturated carbocycles. The first-order valence-corrected chi connectivity index (χ1v) is 8.29. The maximum atomic E-state index is 5.82. The number of rotatable bonds is 13. The van der Waals surface area contributed by atoms with Gasteiger partial charge >= 0.3 is 0 Å². The summed E-state index contributed by atoms with van der Waals surface area (Å²) in [4.78, 5) is 0. The molecule has 0 heterocycles. The van der Waals surface area contributed by atoms with E-state index in [0.29, 0.717) is 19.8 Å². The second kappa shape index (κ2) is 11.9. The molecule has 0 N–H and O–H groups in total. The van der Waals surface area contributed by atoms with Gasteiger partial charge in [-0.25, -0.2) is 0 Å². The van der Waals surface area contributed by atoms with Crippen LogP contribution in [0.15, 0.2) is 0 Å². The SMILES string of the molecule is CCCCCCCC(OCC)C([Si])(OCC)OCC. The molecule has 0 aromatic rings. The molecule has 0 aliphatic rings. The van der Waals surface area contributed by atoms with E-state index in [9.17, 15) is 0 Å². The number of hydrogen-bond acceptors (Lipinski definition) is 3. The lowest BCUT2D eigenvalue weighted by Gasteiger charge is -2.37. The molecule has 0 amide bonds. The molecule has 1 atom stereocenters. The van der Waals surface area contributed by atoms with Crippen LogP contribution in [0.3, 0.4) is 0 Å². The van der Waals surface area contributed by atoms with Crippen molar-refractivity contribution in [3.05, 3.63) is 0 Å². The summed E-state index contributed by atoms with van der Waals surface area (Å²) < 4.78 is 17.3. The van der Waals surface area contributed by atoms with Crippen molar-refractivity contribution in [3.63, 3.8) is 0 Å². The monoisotopic (exact) mass is 287 g/mol. The Morgan fingerprint density at radius 3 is 1.89 bits per heavy atom. The van der Waals surface area contributed by atoms with E-state index in [1.165, 1.54) is 25.7 Å². The Balaban J connectivity index is 4.31. The van der Waals surface area contributed by atoms with E-state index >= 15 is 0 Å². The molecule has 4 heteroatoms. The molecule has 0 rings (SSSR count). The van der Waals surface area contributed by atoms with Crippen LogP contribution in [-0.2, 0) is 14.2 Å². The molecular weight excluding hydrogens is 256 g/mol. The molecule has 0 aliphatic carbocycles. The number of unbranched alkanes of at least 4 members (excludes halogenated alkanes) is 4. The van der Waals surface area contributed by atoms with E-state index in [4.69, 9.17) is 14.2 Å². The van der Waals surface area contributed by atoms with Gasteiger partial charge in [0.15, 0.2) is 5.41 Å². The molecule has 113 valence electrons. The van der Waals surface area contributed by atoms with Crippen LogP contribution in [0.25, 0.3) is 0 Å². The van der Waals surface area contributed by atoms with Gasteiger partial charge in [0.25, 0.3) is 0 Å². The third-order valence-corrected chi connectivity index (χ3v) is 3.69. The fraction of sp³-hybridized carbons (Fsp3) is 1.00. The van der Waals surface area contributed by atoms with Crippen LogP contribution in [0.5, 0.6) is 0 Å². The average molecular weight is 287 g/mol. The second-order valence-corrected chi connectivity index (χ2v) is 5.38. The maximum absolute atomic E-state index is 5.82. The molecular formula is C15H31O3Si. The van der Waals surface area contributed by atoms with Crippen molar-refractivity contribution in [3.8, 4) is 0 Å². The number of hydrogen-bond donors (Lipinski definition) is 0. The van der Waals surface area contributed by atoms with E-state index in [1.807, 2.05) is 20.8 Å². The van der Waals surface area contributed by atoms with Gasteiger partial charge in [-0.3, -0.25) is 0 Å². The summed E-state index contributed by atoms with van der Waals surface area (Å²) >= 11 is 0. The van der Waals surface area contributed by atoms with Gasteiger partial charge in [0.05, 0.1) is 0 Å². The summed E-state index contributed by atoms with van der Waals surface area (Å²) in [7, 11) is 3.65. The van der Waals surface area contributed by atoms with Crippen molar-refractivity contribution >= 4 is 10.2 Å². The van der Waals surface area contributed by atoms with Crippen LogP contribution in [-0.4, -0.2) is 41.6 Å². The molecule has 0 spiro atoms. The van der Waals surface area contributed by atoms with Gasteiger partial charge in [0.1, 0.15) is 16.3 Å². The van der Waals surface area contributed by atoms with E-state index in [0.717, 1.165) is 12.8 Å². The minimum absolute atomic E-state index is 0.0595. The van der Waals surface area contributed by atoms with Crippen molar-refractivity contribution < 1.29 is 14.2 Å². The third kappa shape index (κ3) is 8.08. The first kappa shape index (κ1) is 19.1. The van der Waals surface area contributed by atoms with Gasteiger partial charge in [0.2, 0.25) is 0 Å². The van der Waals surface area contributed by atoms with Crippen molar-refractivity contribution in [1.29, 1.82) is 0 Å². The fourth-order valence-electron chi connectivity index (χ4n) is 2.17. The van der Waals surface area contributed by atoms with Crippen molar-refractivity contribution in [2.75, 3.05) is 19.8 Å². The lowest BCUT2D eigenvalue weighted by Crippen LogP contribution is -2.49. The molecule has 3 radical (unpaired) electrons. The fourth-order valence-corrected chi connectivity index (χ4v) is 2.69. The van der Waals surface area contributed by atoms with Gasteiger partial charge in [-0.2, -0.15) is 0 Å². The number of ether oxygens (including phenoxy) is 3. The highest BCUT2D eigenvalue weighted by Crippen LogP contribution is 2.23. The first-order chi connectivity index (χ1) is 9.14. The molecule has 0 bridgehead atoms. The maximum Gasteiger partial charge on any atom is 0.169 e.